The Morgan fingerprint density at radius 3 is 2.43 bits per heavy atom. The lowest BCUT2D eigenvalue weighted by atomic mass is 9.88. The third-order valence-electron chi connectivity index (χ3n) is 3.42. The fourth-order valence-electron chi connectivity index (χ4n) is 2.25. The Labute approximate surface area is 140 Å². The minimum absolute atomic E-state index is 0. The average Bonchev–Trinajstić information content (AvgIpc) is 2.37. The van der Waals surface area contributed by atoms with E-state index in [2.05, 4.69) is 10.3 Å². The molecule has 0 radical (unpaired) electrons. The second kappa shape index (κ2) is 7.78. The molecule has 0 saturated carbocycles. The molecule has 1 aliphatic heterocycles. The van der Waals surface area contributed by atoms with Gasteiger partial charge in [0.1, 0.15) is 0 Å². The molecule has 134 valence electrons. The Morgan fingerprint density at radius 1 is 1.30 bits per heavy atom. The third-order valence-corrected chi connectivity index (χ3v) is 3.42. The number of piperidine rings is 1. The lowest BCUT2D eigenvalue weighted by Crippen LogP contribution is -2.43. The van der Waals surface area contributed by atoms with Gasteiger partial charge >= 0.3 is 6.18 Å². The van der Waals surface area contributed by atoms with Crippen LogP contribution in [-0.4, -0.2) is 40.4 Å². The van der Waals surface area contributed by atoms with Gasteiger partial charge in [0.05, 0.1) is 11.5 Å². The highest BCUT2D eigenvalue weighted by Crippen LogP contribution is 2.41. The van der Waals surface area contributed by atoms with Crippen molar-refractivity contribution in [3.63, 3.8) is 0 Å². The molecule has 2 rings (SSSR count). The Kier molecular flexibility index (Phi) is 7.48. The minimum Gasteiger partial charge on any atom is -0.493 e. The quantitative estimate of drug-likeness (QED) is 0.686. The molecule has 4 nitrogen and oxygen atoms in total. The summed E-state index contributed by atoms with van der Waals surface area (Å²) in [6.07, 6.45) is -7.55. The number of hydrogen-bond acceptors (Lipinski definition) is 4. The molecule has 0 bridgehead atoms. The summed E-state index contributed by atoms with van der Waals surface area (Å²) in [5, 5.41) is 21.2. The molecule has 0 aromatic carbocycles. The van der Waals surface area contributed by atoms with Crippen molar-refractivity contribution in [2.75, 3.05) is 13.1 Å². The van der Waals surface area contributed by atoms with Gasteiger partial charge in [0, 0.05) is 25.7 Å². The molecule has 1 saturated heterocycles. The zero-order valence-electron chi connectivity index (χ0n) is 11.5. The van der Waals surface area contributed by atoms with Crippen molar-refractivity contribution in [3.05, 3.63) is 23.4 Å². The SMILES string of the molecule is Cl.Cl.Oc1ncc(C2CNCCC2(F)F)cc1C(O)C(F)(F)F. The van der Waals surface area contributed by atoms with Gasteiger partial charge in [-0.25, -0.2) is 13.8 Å². The fraction of sp³-hybridized carbons (Fsp3) is 0.583. The molecule has 1 aromatic rings. The number of pyridine rings is 1. The highest BCUT2D eigenvalue weighted by molar-refractivity contribution is 5.85. The third kappa shape index (κ3) is 4.79. The van der Waals surface area contributed by atoms with Crippen LogP contribution >= 0.6 is 24.8 Å². The maximum Gasteiger partial charge on any atom is 0.418 e. The predicted octanol–water partition coefficient (Wildman–Crippen LogP) is 2.94. The normalized spacial score (nSPS) is 21.7. The Balaban J connectivity index is 0.00000242. The number of aromatic hydroxyl groups is 1. The minimum atomic E-state index is -5.02. The molecule has 11 heteroatoms. The van der Waals surface area contributed by atoms with Gasteiger partial charge in [0.25, 0.3) is 5.92 Å². The Morgan fingerprint density at radius 2 is 1.91 bits per heavy atom. The lowest BCUT2D eigenvalue weighted by Gasteiger charge is -2.32. The van der Waals surface area contributed by atoms with Gasteiger partial charge in [0.15, 0.2) is 6.10 Å². The zero-order chi connectivity index (χ0) is 15.8. The summed E-state index contributed by atoms with van der Waals surface area (Å²) >= 11 is 0. The van der Waals surface area contributed by atoms with E-state index in [0.29, 0.717) is 0 Å². The smallest absolute Gasteiger partial charge is 0.418 e. The lowest BCUT2D eigenvalue weighted by molar-refractivity contribution is -0.207. The molecule has 1 aliphatic rings. The summed E-state index contributed by atoms with van der Waals surface area (Å²) in [6, 6.07) is 0.728. The first-order valence-electron chi connectivity index (χ1n) is 6.15. The summed E-state index contributed by atoms with van der Waals surface area (Å²) in [5.41, 5.74) is -1.09. The van der Waals surface area contributed by atoms with Crippen molar-refractivity contribution in [3.8, 4) is 5.88 Å². The molecule has 2 unspecified atom stereocenters. The molecular weight excluding hydrogens is 370 g/mol. The number of alkyl halides is 5. The van der Waals surface area contributed by atoms with Gasteiger partial charge in [-0.1, -0.05) is 0 Å². The molecule has 23 heavy (non-hydrogen) atoms. The summed E-state index contributed by atoms with van der Waals surface area (Å²) in [5.74, 6) is -5.49. The van der Waals surface area contributed by atoms with Crippen molar-refractivity contribution < 1.29 is 32.2 Å². The van der Waals surface area contributed by atoms with Crippen molar-refractivity contribution in [2.24, 2.45) is 0 Å². The van der Waals surface area contributed by atoms with E-state index in [1.165, 1.54) is 0 Å². The Hall–Kier alpha value is -0.900. The summed E-state index contributed by atoms with van der Waals surface area (Å²) in [6.45, 7) is -0.0198. The van der Waals surface area contributed by atoms with Gasteiger partial charge < -0.3 is 15.5 Å². The summed E-state index contributed by atoms with van der Waals surface area (Å²) in [4.78, 5) is 3.29. The standard InChI is InChI=1S/C12H13F5N2O2.2ClH/c13-11(14)1-2-18-5-8(11)6-3-7(10(21)19-4-6)9(20)12(15,16)17;;/h3-4,8-9,18,20H,1-2,5H2,(H,19,21);2*1H. The van der Waals surface area contributed by atoms with Crippen LogP contribution in [0.4, 0.5) is 22.0 Å². The van der Waals surface area contributed by atoms with Crippen LogP contribution in [0.2, 0.25) is 0 Å². The Bertz CT molecular complexity index is 531. The second-order valence-corrected chi connectivity index (χ2v) is 4.89. The number of aliphatic hydroxyl groups excluding tert-OH is 1. The first kappa shape index (κ1) is 22.1. The fourth-order valence-corrected chi connectivity index (χ4v) is 2.25. The molecule has 1 aromatic heterocycles. The van der Waals surface area contributed by atoms with Crippen LogP contribution in [0, 0.1) is 0 Å². The topological polar surface area (TPSA) is 65.4 Å². The van der Waals surface area contributed by atoms with Crippen molar-refractivity contribution in [2.45, 2.75) is 30.5 Å². The highest BCUT2D eigenvalue weighted by Gasteiger charge is 2.45. The zero-order valence-corrected chi connectivity index (χ0v) is 13.1. The number of nitrogens with zero attached hydrogens (tertiary/aromatic N) is 1. The van der Waals surface area contributed by atoms with Crippen molar-refractivity contribution >= 4 is 24.8 Å². The molecular formula is C12H15Cl2F5N2O2. The molecule has 0 aliphatic carbocycles. The number of nitrogens with one attached hydrogen (secondary N) is 1. The average molecular weight is 385 g/mol. The van der Waals surface area contributed by atoms with Gasteiger partial charge in [-0.3, -0.25) is 0 Å². The van der Waals surface area contributed by atoms with E-state index in [1.807, 2.05) is 0 Å². The number of halogens is 7. The van der Waals surface area contributed by atoms with Crippen LogP contribution in [0.5, 0.6) is 5.88 Å². The number of aliphatic hydroxyl groups is 1. The molecule has 3 N–H and O–H groups in total. The first-order chi connectivity index (χ1) is 9.63. The van der Waals surface area contributed by atoms with E-state index >= 15 is 0 Å². The van der Waals surface area contributed by atoms with Crippen LogP contribution < -0.4 is 5.32 Å². The van der Waals surface area contributed by atoms with E-state index < -0.39 is 42.0 Å². The predicted molar refractivity (Wildman–Crippen MR) is 76.6 cm³/mol. The van der Waals surface area contributed by atoms with E-state index in [-0.39, 0.29) is 43.5 Å². The molecule has 1 fully saturated rings. The van der Waals surface area contributed by atoms with Gasteiger partial charge in [-0.05, 0) is 11.6 Å². The van der Waals surface area contributed by atoms with E-state index in [4.69, 9.17) is 5.11 Å². The van der Waals surface area contributed by atoms with Gasteiger partial charge in [0.2, 0.25) is 5.88 Å². The van der Waals surface area contributed by atoms with Gasteiger partial charge in [-0.2, -0.15) is 13.2 Å². The molecule has 0 amide bonds. The maximum absolute atomic E-state index is 13.8. The van der Waals surface area contributed by atoms with Crippen LogP contribution in [0.1, 0.15) is 29.6 Å². The first-order valence-corrected chi connectivity index (χ1v) is 6.15. The van der Waals surface area contributed by atoms with Gasteiger partial charge in [-0.15, -0.1) is 24.8 Å². The second-order valence-electron chi connectivity index (χ2n) is 4.89. The molecule has 0 spiro atoms. The maximum atomic E-state index is 13.8. The van der Waals surface area contributed by atoms with E-state index in [1.54, 1.807) is 0 Å². The van der Waals surface area contributed by atoms with Crippen LogP contribution in [-0.2, 0) is 0 Å². The number of hydrogen-bond donors (Lipinski definition) is 3. The van der Waals surface area contributed by atoms with Crippen LogP contribution in [0.3, 0.4) is 0 Å². The van der Waals surface area contributed by atoms with Crippen molar-refractivity contribution in [1.82, 2.24) is 10.3 Å². The highest BCUT2D eigenvalue weighted by atomic mass is 35.5. The van der Waals surface area contributed by atoms with E-state index in [9.17, 15) is 27.1 Å². The van der Waals surface area contributed by atoms with Crippen molar-refractivity contribution in [1.29, 1.82) is 0 Å². The van der Waals surface area contributed by atoms with E-state index in [0.717, 1.165) is 12.3 Å². The number of aromatic nitrogens is 1. The van der Waals surface area contributed by atoms with Crippen LogP contribution in [0.25, 0.3) is 0 Å². The monoisotopic (exact) mass is 384 g/mol. The molecule has 2 atom stereocenters. The molecule has 2 heterocycles. The number of rotatable bonds is 2. The summed E-state index contributed by atoms with van der Waals surface area (Å²) in [7, 11) is 0. The van der Waals surface area contributed by atoms with Crippen LogP contribution in [0.15, 0.2) is 12.3 Å². The summed E-state index contributed by atoms with van der Waals surface area (Å²) < 4.78 is 65.1. The largest absolute Gasteiger partial charge is 0.493 e.